The summed E-state index contributed by atoms with van der Waals surface area (Å²) in [6.45, 7) is 1.99. The van der Waals surface area contributed by atoms with Gasteiger partial charge in [0.05, 0.1) is 35.9 Å². The van der Waals surface area contributed by atoms with Gasteiger partial charge < -0.3 is 28.8 Å². The molecule has 3 aromatic carbocycles. The average molecular weight is 664 g/mol. The maximum atomic E-state index is 13.6. The molecule has 0 spiro atoms. The number of nitro groups is 1. The Bertz CT molecular complexity index is 1800. The van der Waals surface area contributed by atoms with Gasteiger partial charge in [-0.2, -0.15) is 0 Å². The number of nitrogens with zero attached hydrogens (tertiary/aromatic N) is 2. The molecule has 13 heteroatoms. The Hall–Kier alpha value is -5.17. The van der Waals surface area contributed by atoms with Gasteiger partial charge in [-0.1, -0.05) is 28.1 Å². The van der Waals surface area contributed by atoms with E-state index >= 15 is 0 Å². The van der Waals surface area contributed by atoms with Crippen molar-refractivity contribution < 1.29 is 38.3 Å². The highest BCUT2D eigenvalue weighted by Crippen LogP contribution is 2.47. The van der Waals surface area contributed by atoms with E-state index in [0.29, 0.717) is 45.5 Å². The summed E-state index contributed by atoms with van der Waals surface area (Å²) in [5, 5.41) is 11.9. The molecule has 0 radical (unpaired) electrons. The summed E-state index contributed by atoms with van der Waals surface area (Å²) in [7, 11) is 2.84. The Morgan fingerprint density at radius 2 is 1.75 bits per heavy atom. The second-order valence-electron chi connectivity index (χ2n) is 9.79. The predicted molar refractivity (Wildman–Crippen MR) is 165 cm³/mol. The number of benzene rings is 3. The molecule has 4 aromatic rings. The van der Waals surface area contributed by atoms with Crippen LogP contribution in [0.1, 0.15) is 33.1 Å². The molecule has 5 rings (SSSR count). The van der Waals surface area contributed by atoms with Gasteiger partial charge in [0, 0.05) is 53.1 Å². The highest BCUT2D eigenvalue weighted by molar-refractivity contribution is 9.09. The molecule has 2 heterocycles. The topological polar surface area (TPSA) is 150 Å². The Balaban J connectivity index is 1.55. The summed E-state index contributed by atoms with van der Waals surface area (Å²) in [5.74, 6) is -0.401. The van der Waals surface area contributed by atoms with Crippen molar-refractivity contribution in [2.75, 3.05) is 31.0 Å². The number of nitrogens with one attached hydrogen (secondary N) is 1. The number of non-ortho nitro benzene ring substituents is 1. The number of aromatic nitrogens is 1. The fourth-order valence-corrected chi connectivity index (χ4v) is 5.64. The van der Waals surface area contributed by atoms with Gasteiger partial charge in [-0.25, -0.2) is 9.59 Å². The lowest BCUT2D eigenvalue weighted by atomic mass is 9.95. The third-order valence-electron chi connectivity index (χ3n) is 7.17. The zero-order chi connectivity index (χ0) is 31.5. The number of hydrogen-bond donors (Lipinski definition) is 1. The van der Waals surface area contributed by atoms with Crippen molar-refractivity contribution in [1.82, 2.24) is 4.98 Å². The van der Waals surface area contributed by atoms with Gasteiger partial charge in [0.2, 0.25) is 0 Å². The van der Waals surface area contributed by atoms with Crippen LogP contribution in [0.15, 0.2) is 60.7 Å². The smallest absolute Gasteiger partial charge is 0.497 e. The van der Waals surface area contributed by atoms with Crippen molar-refractivity contribution in [1.29, 1.82) is 0 Å². The zero-order valence-corrected chi connectivity index (χ0v) is 25.4. The lowest BCUT2D eigenvalue weighted by Gasteiger charge is -2.17. The van der Waals surface area contributed by atoms with Gasteiger partial charge >= 0.3 is 12.1 Å². The minimum absolute atomic E-state index is 0.0103. The van der Waals surface area contributed by atoms with Gasteiger partial charge in [0.1, 0.15) is 11.5 Å². The van der Waals surface area contributed by atoms with Crippen LogP contribution in [0.25, 0.3) is 17.0 Å². The van der Waals surface area contributed by atoms with E-state index in [1.165, 1.54) is 37.5 Å². The first kappa shape index (κ1) is 30.3. The number of methoxy groups -OCH3 is 2. The molecule has 1 aliphatic heterocycles. The first-order valence-electron chi connectivity index (χ1n) is 13.3. The van der Waals surface area contributed by atoms with E-state index in [9.17, 15) is 24.5 Å². The molecule has 0 saturated heterocycles. The van der Waals surface area contributed by atoms with Crippen molar-refractivity contribution in [3.8, 4) is 17.2 Å². The maximum absolute atomic E-state index is 13.6. The largest absolute Gasteiger partial charge is 0.519 e. The lowest BCUT2D eigenvalue weighted by molar-refractivity contribution is -0.384. The van der Waals surface area contributed by atoms with E-state index in [0.717, 1.165) is 5.56 Å². The van der Waals surface area contributed by atoms with Crippen LogP contribution in [0.3, 0.4) is 0 Å². The number of H-pyrrole nitrogens is 1. The molecular weight excluding hydrogens is 638 g/mol. The summed E-state index contributed by atoms with van der Waals surface area (Å²) in [5.41, 5.74) is 2.86. The Kier molecular flexibility index (Phi) is 8.67. The van der Waals surface area contributed by atoms with Gasteiger partial charge in [-0.15, -0.1) is 0 Å². The molecule has 0 bridgehead atoms. The Morgan fingerprint density at radius 1 is 1.07 bits per heavy atom. The quantitative estimate of drug-likeness (QED) is 0.0572. The molecule has 0 aliphatic carbocycles. The van der Waals surface area contributed by atoms with Crippen LogP contribution in [0.4, 0.5) is 16.2 Å². The first-order valence-corrected chi connectivity index (χ1v) is 14.4. The minimum Gasteiger partial charge on any atom is -0.497 e. The number of anilines is 1. The van der Waals surface area contributed by atoms with E-state index in [2.05, 4.69) is 20.9 Å². The molecule has 1 atom stereocenters. The lowest BCUT2D eigenvalue weighted by Crippen LogP contribution is -2.28. The highest BCUT2D eigenvalue weighted by atomic mass is 79.9. The maximum Gasteiger partial charge on any atom is 0.519 e. The highest BCUT2D eigenvalue weighted by Gasteiger charge is 2.37. The third-order valence-corrected chi connectivity index (χ3v) is 7.95. The van der Waals surface area contributed by atoms with E-state index in [1.807, 2.05) is 12.1 Å². The number of carbonyl (C=O) groups is 3. The number of aromatic amines is 1. The fraction of sp³-hybridized carbons (Fsp3) is 0.194. The molecule has 1 N–H and O–H groups in total. The minimum atomic E-state index is -1.13. The van der Waals surface area contributed by atoms with Crippen LogP contribution in [0.5, 0.6) is 17.2 Å². The molecule has 0 saturated carbocycles. The molecule has 44 heavy (non-hydrogen) atoms. The summed E-state index contributed by atoms with van der Waals surface area (Å²) in [4.78, 5) is 54.4. The van der Waals surface area contributed by atoms with E-state index < -0.39 is 17.0 Å². The van der Waals surface area contributed by atoms with Gasteiger partial charge in [-0.05, 0) is 48.4 Å². The van der Waals surface area contributed by atoms with Gasteiger partial charge in [0.15, 0.2) is 5.75 Å². The SMILES string of the molecule is COC(=O)c1c(C)[nH]c2c(OC(=O)Oc3ccc([N+](=O)[O-])cc3)cc3c(c12)[C@H](CBr)CN3C(=O)/C=C/c1ccc(OC)cc1. The Labute approximate surface area is 259 Å². The van der Waals surface area contributed by atoms with E-state index in [1.54, 1.807) is 43.2 Å². The molecule has 1 aliphatic rings. The summed E-state index contributed by atoms with van der Waals surface area (Å²) in [6.07, 6.45) is 2.00. The molecule has 12 nitrogen and oxygen atoms in total. The van der Waals surface area contributed by atoms with Crippen molar-refractivity contribution in [3.63, 3.8) is 0 Å². The van der Waals surface area contributed by atoms with Crippen LogP contribution < -0.4 is 19.1 Å². The summed E-state index contributed by atoms with van der Waals surface area (Å²) < 4.78 is 21.1. The molecule has 0 unspecified atom stereocenters. The molecular formula is C31H26BrN3O9. The van der Waals surface area contributed by atoms with Crippen LogP contribution in [0, 0.1) is 17.0 Å². The van der Waals surface area contributed by atoms with Crippen LogP contribution in [-0.4, -0.2) is 54.0 Å². The van der Waals surface area contributed by atoms with Crippen LogP contribution >= 0.6 is 15.9 Å². The zero-order valence-electron chi connectivity index (χ0n) is 23.8. The van der Waals surface area contributed by atoms with Crippen molar-refractivity contribution in [3.05, 3.63) is 93.2 Å². The number of amides is 1. The van der Waals surface area contributed by atoms with Gasteiger partial charge in [-0.3, -0.25) is 14.9 Å². The van der Waals surface area contributed by atoms with Gasteiger partial charge in [0.25, 0.3) is 11.6 Å². The number of ether oxygens (including phenoxy) is 4. The normalized spacial score (nSPS) is 14.0. The number of carbonyl (C=O) groups excluding carboxylic acids is 3. The first-order chi connectivity index (χ1) is 21.1. The number of fused-ring (bicyclic) bond motifs is 3. The second-order valence-corrected chi connectivity index (χ2v) is 10.4. The van der Waals surface area contributed by atoms with Crippen molar-refractivity contribution in [2.24, 2.45) is 0 Å². The molecule has 0 fully saturated rings. The monoisotopic (exact) mass is 663 g/mol. The van der Waals surface area contributed by atoms with Crippen molar-refractivity contribution >= 4 is 62.3 Å². The number of nitro benzene ring substituents is 1. The number of hydrogen-bond acceptors (Lipinski definition) is 9. The van der Waals surface area contributed by atoms with E-state index in [-0.39, 0.29) is 34.6 Å². The van der Waals surface area contributed by atoms with E-state index in [4.69, 9.17) is 18.9 Å². The summed E-state index contributed by atoms with van der Waals surface area (Å²) in [6, 6.07) is 13.7. The number of alkyl halides is 1. The summed E-state index contributed by atoms with van der Waals surface area (Å²) >= 11 is 3.55. The number of rotatable bonds is 8. The number of halogens is 1. The molecule has 1 amide bonds. The Morgan fingerprint density at radius 3 is 2.36 bits per heavy atom. The predicted octanol–water partition coefficient (Wildman–Crippen LogP) is 6.30. The number of aryl methyl sites for hydroxylation is 1. The fourth-order valence-electron chi connectivity index (χ4n) is 5.12. The molecule has 226 valence electrons. The number of esters is 1. The van der Waals surface area contributed by atoms with Crippen molar-refractivity contribution in [2.45, 2.75) is 12.8 Å². The second kappa shape index (κ2) is 12.6. The van der Waals surface area contributed by atoms with Crippen LogP contribution in [-0.2, 0) is 9.53 Å². The van der Waals surface area contributed by atoms with Crippen LogP contribution in [0.2, 0.25) is 0 Å². The third kappa shape index (κ3) is 5.86. The average Bonchev–Trinajstić information content (AvgIpc) is 3.57. The standard InChI is InChI=1S/C31H26BrN3O9/c1-17-26(30(37)42-3)28-27-19(15-32)16-34(25(36)13-6-18-4-9-21(41-2)10-5-18)23(27)14-24(29(28)33-17)44-31(38)43-22-11-7-20(8-12-22)35(39)40/h4-14,19,33H,15-16H2,1-3H3/b13-6+/t19-/m1/s1. The molecule has 1 aromatic heterocycles.